The van der Waals surface area contributed by atoms with Gasteiger partial charge in [-0.25, -0.2) is 0 Å². The van der Waals surface area contributed by atoms with E-state index in [4.69, 9.17) is 5.10 Å². The molecule has 1 heterocycles. The molecule has 0 atom stereocenters. The van der Waals surface area contributed by atoms with Crippen LogP contribution in [0.25, 0.3) is 0 Å². The van der Waals surface area contributed by atoms with E-state index in [9.17, 15) is 14.7 Å². The van der Waals surface area contributed by atoms with Crippen molar-refractivity contribution in [2.24, 2.45) is 0 Å². The molecular weight excluding hydrogens is 390 g/mol. The third-order valence-corrected chi connectivity index (χ3v) is 5.12. The number of carboxylic acid groups (broad SMARTS) is 1. The lowest BCUT2D eigenvalue weighted by molar-refractivity contribution is -0.136. The summed E-state index contributed by atoms with van der Waals surface area (Å²) in [5, 5.41) is 17.0. The number of carbonyl (C=O) groups is 2. The van der Waals surface area contributed by atoms with Crippen molar-refractivity contribution < 1.29 is 14.7 Å². The first-order chi connectivity index (χ1) is 14.9. The average molecular weight is 420 g/mol. The topological polar surface area (TPSA) is 84.2 Å². The van der Waals surface area contributed by atoms with Crippen LogP contribution >= 0.6 is 0 Å². The number of rotatable bonds is 9. The molecule has 6 heteroatoms. The highest BCUT2D eigenvalue weighted by Gasteiger charge is 2.21. The zero-order chi connectivity index (χ0) is 22.4. The summed E-state index contributed by atoms with van der Waals surface area (Å²) < 4.78 is 1.94. The molecule has 1 aromatic heterocycles. The number of amides is 1. The first kappa shape index (κ1) is 22.3. The molecule has 0 spiro atoms. The molecule has 6 nitrogen and oxygen atoms in total. The third kappa shape index (κ3) is 5.60. The predicted molar refractivity (Wildman–Crippen MR) is 122 cm³/mol. The fourth-order valence-electron chi connectivity index (χ4n) is 3.77. The van der Waals surface area contributed by atoms with E-state index in [1.54, 1.807) is 12.1 Å². The second kappa shape index (κ2) is 10.1. The van der Waals surface area contributed by atoms with E-state index in [0.717, 1.165) is 41.0 Å². The van der Waals surface area contributed by atoms with Crippen molar-refractivity contribution in [1.29, 1.82) is 0 Å². The van der Waals surface area contributed by atoms with Gasteiger partial charge in [-0.2, -0.15) is 5.10 Å². The van der Waals surface area contributed by atoms with Gasteiger partial charge in [0.1, 0.15) is 0 Å². The summed E-state index contributed by atoms with van der Waals surface area (Å²) in [4.78, 5) is 23.8. The Morgan fingerprint density at radius 3 is 2.32 bits per heavy atom. The molecule has 0 aliphatic heterocycles. The SMILES string of the molecule is CCCc1nn(Cc2ccc(NC(=O)c3ccccc3)cc2)c(C(C)C)c1CC(=O)O. The molecule has 2 N–H and O–H groups in total. The number of nitrogens with one attached hydrogen (secondary N) is 1. The second-order valence-electron chi connectivity index (χ2n) is 7.96. The number of aromatic nitrogens is 2. The molecular formula is C25H29N3O3. The predicted octanol–water partition coefficient (Wildman–Crippen LogP) is 4.89. The molecule has 3 aromatic rings. The van der Waals surface area contributed by atoms with Gasteiger partial charge in [0.05, 0.1) is 18.7 Å². The first-order valence-electron chi connectivity index (χ1n) is 10.6. The van der Waals surface area contributed by atoms with Crippen molar-refractivity contribution in [1.82, 2.24) is 9.78 Å². The summed E-state index contributed by atoms with van der Waals surface area (Å²) in [6.07, 6.45) is 1.67. The third-order valence-electron chi connectivity index (χ3n) is 5.12. The standard InChI is InChI=1S/C25H29N3O3/c1-4-8-22-21(15-23(29)30)24(17(2)3)28(27-22)16-18-11-13-20(14-12-18)26-25(31)19-9-6-5-7-10-19/h5-7,9-14,17H,4,8,15-16H2,1-3H3,(H,26,31)(H,29,30). The van der Waals surface area contributed by atoms with Crippen LogP contribution in [0.5, 0.6) is 0 Å². The fraction of sp³-hybridized carbons (Fsp3) is 0.320. The van der Waals surface area contributed by atoms with Gasteiger partial charge in [0.2, 0.25) is 0 Å². The maximum atomic E-state index is 12.3. The summed E-state index contributed by atoms with van der Waals surface area (Å²) in [7, 11) is 0. The van der Waals surface area contributed by atoms with Gasteiger partial charge in [0, 0.05) is 22.5 Å². The number of nitrogens with zero attached hydrogens (tertiary/aromatic N) is 2. The van der Waals surface area contributed by atoms with Crippen LogP contribution in [0.1, 0.15) is 66.0 Å². The van der Waals surface area contributed by atoms with Crippen LogP contribution in [0, 0.1) is 0 Å². The van der Waals surface area contributed by atoms with Gasteiger partial charge in [0.15, 0.2) is 0 Å². The number of hydrogen-bond acceptors (Lipinski definition) is 3. The van der Waals surface area contributed by atoms with E-state index in [-0.39, 0.29) is 18.2 Å². The molecule has 0 unspecified atom stereocenters. The lowest BCUT2D eigenvalue weighted by atomic mass is 9.99. The van der Waals surface area contributed by atoms with E-state index < -0.39 is 5.97 Å². The van der Waals surface area contributed by atoms with Crippen LogP contribution in [-0.4, -0.2) is 26.8 Å². The Bertz CT molecular complexity index is 1040. The Labute approximate surface area is 182 Å². The van der Waals surface area contributed by atoms with Crippen LogP contribution in [-0.2, 0) is 24.2 Å². The lowest BCUT2D eigenvalue weighted by Crippen LogP contribution is -2.12. The Kier molecular flexibility index (Phi) is 7.23. The van der Waals surface area contributed by atoms with Crippen LogP contribution in [0.15, 0.2) is 54.6 Å². The van der Waals surface area contributed by atoms with Crippen molar-refractivity contribution in [2.45, 2.75) is 52.5 Å². The van der Waals surface area contributed by atoms with Crippen LogP contribution in [0.4, 0.5) is 5.69 Å². The van der Waals surface area contributed by atoms with E-state index in [1.807, 2.05) is 47.1 Å². The van der Waals surface area contributed by atoms with Gasteiger partial charge < -0.3 is 10.4 Å². The van der Waals surface area contributed by atoms with Gasteiger partial charge in [-0.15, -0.1) is 0 Å². The van der Waals surface area contributed by atoms with Crippen LogP contribution in [0.2, 0.25) is 0 Å². The molecule has 2 aromatic carbocycles. The van der Waals surface area contributed by atoms with Gasteiger partial charge in [-0.05, 0) is 42.2 Å². The van der Waals surface area contributed by atoms with Crippen LogP contribution < -0.4 is 5.32 Å². The Hall–Kier alpha value is -3.41. The normalized spacial score (nSPS) is 11.0. The molecule has 0 aliphatic rings. The van der Waals surface area contributed by atoms with Gasteiger partial charge in [-0.1, -0.05) is 57.5 Å². The quantitative estimate of drug-likeness (QED) is 0.517. The molecule has 3 rings (SSSR count). The van der Waals surface area contributed by atoms with Gasteiger partial charge in [0.25, 0.3) is 5.91 Å². The zero-order valence-corrected chi connectivity index (χ0v) is 18.3. The number of aliphatic carboxylic acids is 1. The van der Waals surface area contributed by atoms with Crippen molar-refractivity contribution in [3.05, 3.63) is 82.7 Å². The largest absolute Gasteiger partial charge is 0.481 e. The molecule has 0 radical (unpaired) electrons. The summed E-state index contributed by atoms with van der Waals surface area (Å²) in [5.41, 5.74) is 5.07. The Morgan fingerprint density at radius 2 is 1.74 bits per heavy atom. The molecule has 0 bridgehead atoms. The van der Waals surface area contributed by atoms with E-state index in [0.29, 0.717) is 12.1 Å². The number of aryl methyl sites for hydroxylation is 1. The minimum Gasteiger partial charge on any atom is -0.481 e. The maximum Gasteiger partial charge on any atom is 0.307 e. The summed E-state index contributed by atoms with van der Waals surface area (Å²) in [6.45, 7) is 6.76. The Balaban J connectivity index is 1.80. The lowest BCUT2D eigenvalue weighted by Gasteiger charge is -2.13. The number of benzene rings is 2. The van der Waals surface area contributed by atoms with Crippen molar-refractivity contribution >= 4 is 17.6 Å². The zero-order valence-electron chi connectivity index (χ0n) is 18.3. The van der Waals surface area contributed by atoms with Crippen molar-refractivity contribution in [3.8, 4) is 0 Å². The second-order valence-corrected chi connectivity index (χ2v) is 7.96. The molecule has 0 aliphatic carbocycles. The highest BCUT2D eigenvalue weighted by molar-refractivity contribution is 6.04. The molecule has 0 saturated carbocycles. The molecule has 0 fully saturated rings. The first-order valence-corrected chi connectivity index (χ1v) is 10.6. The van der Waals surface area contributed by atoms with E-state index in [2.05, 4.69) is 26.1 Å². The molecule has 162 valence electrons. The maximum absolute atomic E-state index is 12.3. The van der Waals surface area contributed by atoms with Crippen molar-refractivity contribution in [3.63, 3.8) is 0 Å². The number of hydrogen-bond donors (Lipinski definition) is 2. The fourth-order valence-corrected chi connectivity index (χ4v) is 3.77. The minimum absolute atomic E-state index is 0.00664. The molecule has 31 heavy (non-hydrogen) atoms. The van der Waals surface area contributed by atoms with E-state index >= 15 is 0 Å². The van der Waals surface area contributed by atoms with E-state index in [1.165, 1.54) is 0 Å². The van der Waals surface area contributed by atoms with Crippen LogP contribution in [0.3, 0.4) is 0 Å². The summed E-state index contributed by atoms with van der Waals surface area (Å²) in [5.74, 6) is -0.820. The smallest absolute Gasteiger partial charge is 0.307 e. The summed E-state index contributed by atoms with van der Waals surface area (Å²) >= 11 is 0. The van der Waals surface area contributed by atoms with Gasteiger partial charge in [-0.3, -0.25) is 14.3 Å². The minimum atomic E-state index is -0.836. The van der Waals surface area contributed by atoms with Crippen molar-refractivity contribution in [2.75, 3.05) is 5.32 Å². The highest BCUT2D eigenvalue weighted by Crippen LogP contribution is 2.26. The highest BCUT2D eigenvalue weighted by atomic mass is 16.4. The average Bonchev–Trinajstić information content (AvgIpc) is 3.06. The number of anilines is 1. The molecule has 0 saturated heterocycles. The monoisotopic (exact) mass is 419 g/mol. The number of carbonyl (C=O) groups excluding carboxylic acids is 1. The summed E-state index contributed by atoms with van der Waals surface area (Å²) in [6, 6.07) is 16.8. The van der Waals surface area contributed by atoms with Gasteiger partial charge >= 0.3 is 5.97 Å². The molecule has 1 amide bonds. The Morgan fingerprint density at radius 1 is 1.06 bits per heavy atom. The number of carboxylic acids is 1.